The van der Waals surface area contributed by atoms with E-state index in [9.17, 15) is 32.9 Å². The molecule has 2 amide bonds. The van der Waals surface area contributed by atoms with Crippen molar-refractivity contribution in [1.29, 1.82) is 0 Å². The monoisotopic (exact) mass is 430 g/mol. The number of anilines is 1. The second kappa shape index (κ2) is 9.77. The molecule has 11 heteroatoms. The quantitative estimate of drug-likeness (QED) is 0.450. The molecule has 30 heavy (non-hydrogen) atoms. The van der Waals surface area contributed by atoms with Crippen LogP contribution >= 0.6 is 0 Å². The van der Waals surface area contributed by atoms with Gasteiger partial charge in [0.1, 0.15) is 11.7 Å². The van der Waals surface area contributed by atoms with Gasteiger partial charge in [-0.15, -0.1) is 0 Å². The molecule has 1 aliphatic rings. The second-order valence-electron chi connectivity index (χ2n) is 7.67. The van der Waals surface area contributed by atoms with Gasteiger partial charge >= 0.3 is 6.18 Å². The molecule has 2 rings (SSSR count). The minimum atomic E-state index is -4.74. The summed E-state index contributed by atoms with van der Waals surface area (Å²) in [5.74, 6) is -1.30. The number of carbonyl (C=O) groups excluding carboxylic acids is 2. The molecule has 0 heterocycles. The molecule has 1 aliphatic carbocycles. The lowest BCUT2D eigenvalue weighted by Gasteiger charge is -2.26. The molecule has 3 N–H and O–H groups in total. The standard InChI is InChI=1S/C19H25F3N4O4/c1-11(2)16(23-17(27)12-6-4-3-5-7-12)18(28)25-24-14-9-8-13(19(20,21)22)10-15(14)26(29)30/h8-12,16,24H,3-7H2,1-2H3,(H,23,27)(H,25,28)/t16-/m0/s1. The summed E-state index contributed by atoms with van der Waals surface area (Å²) in [6, 6.07) is 1.03. The number of nitrogens with zero attached hydrogens (tertiary/aromatic N) is 1. The van der Waals surface area contributed by atoms with Crippen LogP contribution in [0.1, 0.15) is 51.5 Å². The summed E-state index contributed by atoms with van der Waals surface area (Å²) in [6.07, 6.45) is -0.236. The van der Waals surface area contributed by atoms with Crippen molar-refractivity contribution in [3.8, 4) is 0 Å². The lowest BCUT2D eigenvalue weighted by molar-refractivity contribution is -0.384. The fraction of sp³-hybridized carbons (Fsp3) is 0.579. The number of hydrazine groups is 1. The molecule has 1 saturated carbocycles. The third-order valence-electron chi connectivity index (χ3n) is 5.06. The molecule has 1 aromatic carbocycles. The first-order valence-corrected chi connectivity index (χ1v) is 9.72. The average molecular weight is 430 g/mol. The number of nitro groups is 1. The van der Waals surface area contributed by atoms with Gasteiger partial charge in [0, 0.05) is 12.0 Å². The molecule has 166 valence electrons. The molecule has 0 saturated heterocycles. The summed E-state index contributed by atoms with van der Waals surface area (Å²) < 4.78 is 38.4. The predicted molar refractivity (Wildman–Crippen MR) is 103 cm³/mol. The first-order valence-electron chi connectivity index (χ1n) is 9.72. The highest BCUT2D eigenvalue weighted by Crippen LogP contribution is 2.34. The Hall–Kier alpha value is -2.85. The van der Waals surface area contributed by atoms with Gasteiger partial charge in [-0.1, -0.05) is 33.1 Å². The molecule has 0 bridgehead atoms. The SMILES string of the molecule is CC(C)[C@H](NC(=O)C1CCCCC1)C(=O)NNc1ccc(C(F)(F)F)cc1[N+](=O)[O-]. The number of nitro benzene ring substituents is 1. The number of amides is 2. The number of nitrogens with one attached hydrogen (secondary N) is 3. The fourth-order valence-electron chi connectivity index (χ4n) is 3.34. The largest absolute Gasteiger partial charge is 0.416 e. The first-order chi connectivity index (χ1) is 14.0. The molecule has 0 aliphatic heterocycles. The predicted octanol–water partition coefficient (Wildman–Crippen LogP) is 3.78. The Labute approximate surface area is 171 Å². The van der Waals surface area contributed by atoms with E-state index in [4.69, 9.17) is 0 Å². The van der Waals surface area contributed by atoms with Gasteiger partial charge in [0.2, 0.25) is 5.91 Å². The Morgan fingerprint density at radius 3 is 2.33 bits per heavy atom. The van der Waals surface area contributed by atoms with Crippen molar-refractivity contribution in [3.63, 3.8) is 0 Å². The van der Waals surface area contributed by atoms with E-state index in [-0.39, 0.29) is 23.4 Å². The van der Waals surface area contributed by atoms with Crippen LogP contribution in [0, 0.1) is 22.0 Å². The van der Waals surface area contributed by atoms with Gasteiger partial charge in [0.05, 0.1) is 10.5 Å². The highest BCUT2D eigenvalue weighted by Gasteiger charge is 2.33. The van der Waals surface area contributed by atoms with Crippen molar-refractivity contribution in [2.24, 2.45) is 11.8 Å². The molecular weight excluding hydrogens is 405 g/mol. The third-order valence-corrected chi connectivity index (χ3v) is 5.06. The van der Waals surface area contributed by atoms with E-state index in [1.807, 2.05) is 0 Å². The van der Waals surface area contributed by atoms with Gasteiger partial charge in [-0.25, -0.2) is 0 Å². The van der Waals surface area contributed by atoms with E-state index in [0.717, 1.165) is 38.2 Å². The van der Waals surface area contributed by atoms with Gasteiger partial charge in [-0.2, -0.15) is 13.2 Å². The molecule has 0 spiro atoms. The topological polar surface area (TPSA) is 113 Å². The number of halogens is 3. The third kappa shape index (κ3) is 6.07. The minimum Gasteiger partial charge on any atom is -0.344 e. The van der Waals surface area contributed by atoms with Gasteiger partial charge < -0.3 is 5.32 Å². The Bertz CT molecular complexity index is 792. The summed E-state index contributed by atoms with van der Waals surface area (Å²) in [5.41, 5.74) is 2.24. The lowest BCUT2D eigenvalue weighted by Crippen LogP contribution is -2.52. The molecule has 0 aromatic heterocycles. The number of hydrogen-bond donors (Lipinski definition) is 3. The second-order valence-corrected chi connectivity index (χ2v) is 7.67. The molecule has 0 radical (unpaired) electrons. The van der Waals surface area contributed by atoms with E-state index in [2.05, 4.69) is 16.2 Å². The summed E-state index contributed by atoms with van der Waals surface area (Å²) in [6.45, 7) is 3.46. The molecule has 1 aromatic rings. The summed E-state index contributed by atoms with van der Waals surface area (Å²) in [4.78, 5) is 35.2. The highest BCUT2D eigenvalue weighted by molar-refractivity contribution is 5.89. The van der Waals surface area contributed by atoms with Crippen LogP contribution in [-0.2, 0) is 15.8 Å². The Morgan fingerprint density at radius 1 is 1.17 bits per heavy atom. The van der Waals surface area contributed by atoms with Gasteiger partial charge in [0.25, 0.3) is 11.6 Å². The number of rotatable bonds is 7. The van der Waals surface area contributed by atoms with Crippen LogP contribution in [-0.4, -0.2) is 22.8 Å². The highest BCUT2D eigenvalue weighted by atomic mass is 19.4. The van der Waals surface area contributed by atoms with Crippen molar-refractivity contribution >= 4 is 23.2 Å². The first kappa shape index (κ1) is 23.4. The van der Waals surface area contributed by atoms with Crippen molar-refractivity contribution < 1.29 is 27.7 Å². The van der Waals surface area contributed by atoms with Crippen molar-refractivity contribution in [1.82, 2.24) is 10.7 Å². The van der Waals surface area contributed by atoms with Crippen LogP contribution < -0.4 is 16.2 Å². The van der Waals surface area contributed by atoms with Crippen LogP contribution in [0.5, 0.6) is 0 Å². The minimum absolute atomic E-state index is 0.156. The molecule has 8 nitrogen and oxygen atoms in total. The van der Waals surface area contributed by atoms with Crippen molar-refractivity contribution in [2.45, 2.75) is 58.2 Å². The summed E-state index contributed by atoms with van der Waals surface area (Å²) in [7, 11) is 0. The summed E-state index contributed by atoms with van der Waals surface area (Å²) >= 11 is 0. The van der Waals surface area contributed by atoms with E-state index in [1.165, 1.54) is 0 Å². The number of hydrogen-bond acceptors (Lipinski definition) is 5. The number of carbonyl (C=O) groups is 2. The Balaban J connectivity index is 2.08. The van der Waals surface area contributed by atoms with Crippen LogP contribution in [0.2, 0.25) is 0 Å². The van der Waals surface area contributed by atoms with Crippen molar-refractivity contribution in [3.05, 3.63) is 33.9 Å². The average Bonchev–Trinajstić information content (AvgIpc) is 2.69. The smallest absolute Gasteiger partial charge is 0.344 e. The zero-order valence-corrected chi connectivity index (χ0v) is 16.7. The fourth-order valence-corrected chi connectivity index (χ4v) is 3.34. The van der Waals surface area contributed by atoms with E-state index in [1.54, 1.807) is 13.8 Å². The molecule has 1 atom stereocenters. The maximum absolute atomic E-state index is 12.8. The molecule has 1 fully saturated rings. The normalized spacial score (nSPS) is 16.1. The zero-order valence-electron chi connectivity index (χ0n) is 16.7. The van der Waals surface area contributed by atoms with Gasteiger partial charge in [-0.3, -0.25) is 30.6 Å². The Kier molecular flexibility index (Phi) is 7.63. The van der Waals surface area contributed by atoms with Crippen LogP contribution in [0.25, 0.3) is 0 Å². The van der Waals surface area contributed by atoms with Crippen LogP contribution in [0.3, 0.4) is 0 Å². The molecule has 0 unspecified atom stereocenters. The number of alkyl halides is 3. The lowest BCUT2D eigenvalue weighted by atomic mass is 9.88. The van der Waals surface area contributed by atoms with Crippen LogP contribution in [0.15, 0.2) is 18.2 Å². The maximum Gasteiger partial charge on any atom is 0.416 e. The Morgan fingerprint density at radius 2 is 1.80 bits per heavy atom. The number of benzene rings is 1. The maximum atomic E-state index is 12.8. The van der Waals surface area contributed by atoms with Gasteiger partial charge in [0.15, 0.2) is 0 Å². The summed E-state index contributed by atoms with van der Waals surface area (Å²) in [5, 5.41) is 13.9. The van der Waals surface area contributed by atoms with Crippen molar-refractivity contribution in [2.75, 3.05) is 5.43 Å². The van der Waals surface area contributed by atoms with E-state index in [0.29, 0.717) is 12.1 Å². The van der Waals surface area contributed by atoms with E-state index >= 15 is 0 Å². The molecular formula is C19H25F3N4O4. The zero-order chi connectivity index (χ0) is 22.5. The van der Waals surface area contributed by atoms with Crippen LogP contribution in [0.4, 0.5) is 24.5 Å². The van der Waals surface area contributed by atoms with Gasteiger partial charge in [-0.05, 0) is 30.9 Å². The van der Waals surface area contributed by atoms with E-state index < -0.39 is 34.3 Å².